The Morgan fingerprint density at radius 3 is 2.29 bits per heavy atom. The molecule has 3 atom stereocenters. The molecule has 1 amide bonds. The van der Waals surface area contributed by atoms with Crippen LogP contribution in [0, 0.1) is 0 Å². The molecule has 0 aliphatic rings. The van der Waals surface area contributed by atoms with Gasteiger partial charge < -0.3 is 20.4 Å². The van der Waals surface area contributed by atoms with E-state index in [9.17, 15) is 20.1 Å². The summed E-state index contributed by atoms with van der Waals surface area (Å²) in [6.07, 6.45) is -4.38. The molecule has 0 saturated heterocycles. The first-order valence-electron chi connectivity index (χ1n) is 6.35. The molecule has 0 unspecified atom stereocenters. The second-order valence-electron chi connectivity index (χ2n) is 4.63. The predicted octanol–water partition coefficient (Wildman–Crippen LogP) is -0.0550. The second-order valence-corrected chi connectivity index (χ2v) is 5.07. The Morgan fingerprint density at radius 1 is 1.24 bits per heavy atom. The number of benzene rings is 1. The smallest absolute Gasteiger partial charge is 0.250 e. The number of carbonyl (C=O) groups excluding carboxylic acids is 1. The molecule has 0 bridgehead atoms. The van der Waals surface area contributed by atoms with Crippen LogP contribution in [-0.2, 0) is 11.2 Å². The molecule has 1 aromatic rings. The van der Waals surface area contributed by atoms with Crippen LogP contribution in [0.2, 0.25) is 5.02 Å². The summed E-state index contributed by atoms with van der Waals surface area (Å²) in [5.41, 5.74) is 0.387. The highest BCUT2D eigenvalue weighted by Gasteiger charge is 2.26. The van der Waals surface area contributed by atoms with Crippen LogP contribution in [0.4, 0.5) is 0 Å². The molecule has 0 aliphatic heterocycles. The first kappa shape index (κ1) is 17.7. The summed E-state index contributed by atoms with van der Waals surface area (Å²) >= 11 is 5.73. The molecule has 4 N–H and O–H groups in total. The van der Waals surface area contributed by atoms with Crippen molar-refractivity contribution in [3.05, 3.63) is 34.9 Å². The van der Waals surface area contributed by atoms with Crippen LogP contribution in [0.1, 0.15) is 12.5 Å². The average Bonchev–Trinajstić information content (AvgIpc) is 2.45. The lowest BCUT2D eigenvalue weighted by atomic mass is 10.0. The number of hydrogen-bond donors (Lipinski definition) is 4. The van der Waals surface area contributed by atoms with Crippen molar-refractivity contribution in [3.63, 3.8) is 0 Å². The topological polar surface area (TPSA) is 110 Å². The third-order valence-electron chi connectivity index (χ3n) is 2.86. The molecule has 116 valence electrons. The molecule has 0 aliphatic carbocycles. The van der Waals surface area contributed by atoms with Gasteiger partial charge >= 0.3 is 0 Å². The lowest BCUT2D eigenvalue weighted by molar-refractivity contribution is -0.117. The van der Waals surface area contributed by atoms with Crippen LogP contribution in [-0.4, -0.2) is 57.0 Å². The summed E-state index contributed by atoms with van der Waals surface area (Å²) in [5.74, 6) is -0.585. The summed E-state index contributed by atoms with van der Waals surface area (Å²) in [5, 5.41) is 38.1. The van der Waals surface area contributed by atoms with Crippen molar-refractivity contribution in [3.8, 4) is 0 Å². The molecule has 1 rings (SSSR count). The van der Waals surface area contributed by atoms with Gasteiger partial charge in [0.15, 0.2) is 0 Å². The maximum atomic E-state index is 11.8. The number of amides is 1. The summed E-state index contributed by atoms with van der Waals surface area (Å²) < 4.78 is 0. The van der Waals surface area contributed by atoms with Crippen molar-refractivity contribution in [2.24, 2.45) is 4.99 Å². The van der Waals surface area contributed by atoms with Gasteiger partial charge in [-0.1, -0.05) is 23.7 Å². The fourth-order valence-corrected chi connectivity index (χ4v) is 1.76. The molecule has 6 nitrogen and oxygen atoms in total. The largest absolute Gasteiger partial charge is 0.391 e. The number of aliphatic imine (C=N–C) groups is 1. The van der Waals surface area contributed by atoms with Crippen molar-refractivity contribution in [1.29, 1.82) is 0 Å². The number of nitrogens with zero attached hydrogens (tertiary/aromatic N) is 1. The Labute approximate surface area is 127 Å². The monoisotopic (exact) mass is 315 g/mol. The van der Waals surface area contributed by atoms with Crippen LogP contribution in [0.25, 0.3) is 0 Å². The molecule has 0 saturated carbocycles. The fourth-order valence-electron chi connectivity index (χ4n) is 1.63. The Hall–Kier alpha value is -1.31. The van der Waals surface area contributed by atoms with Crippen LogP contribution >= 0.6 is 11.6 Å². The molecule has 21 heavy (non-hydrogen) atoms. The van der Waals surface area contributed by atoms with Gasteiger partial charge in [-0.05, 0) is 24.6 Å². The number of hydrogen-bond acceptors (Lipinski definition) is 5. The van der Waals surface area contributed by atoms with Gasteiger partial charge in [0.25, 0.3) is 0 Å². The Balaban J connectivity index is 2.77. The molecule has 0 aromatic heterocycles. The van der Waals surface area contributed by atoms with Gasteiger partial charge in [-0.3, -0.25) is 4.79 Å². The van der Waals surface area contributed by atoms with Gasteiger partial charge in [0.1, 0.15) is 12.2 Å². The molecule has 0 fully saturated rings. The summed E-state index contributed by atoms with van der Waals surface area (Å²) in [4.78, 5) is 15.4. The van der Waals surface area contributed by atoms with E-state index in [2.05, 4.69) is 4.99 Å². The van der Waals surface area contributed by atoms with Gasteiger partial charge in [-0.15, -0.1) is 0 Å². The first-order valence-corrected chi connectivity index (χ1v) is 6.72. The van der Waals surface area contributed by atoms with Crippen molar-refractivity contribution < 1.29 is 25.2 Å². The van der Waals surface area contributed by atoms with Crippen LogP contribution in [0.3, 0.4) is 0 Å². The number of carbonyl (C=O) groups is 1. The van der Waals surface area contributed by atoms with Crippen LogP contribution < -0.4 is 0 Å². The van der Waals surface area contributed by atoms with Gasteiger partial charge in [0, 0.05) is 5.02 Å². The lowest BCUT2D eigenvalue weighted by Gasteiger charge is -2.20. The van der Waals surface area contributed by atoms with Gasteiger partial charge in [-0.2, -0.15) is 0 Å². The highest BCUT2D eigenvalue weighted by Crippen LogP contribution is 2.10. The van der Waals surface area contributed by atoms with Crippen molar-refractivity contribution in [1.82, 2.24) is 0 Å². The summed E-state index contributed by atoms with van der Waals surface area (Å²) in [6.45, 7) is 0.579. The zero-order valence-corrected chi connectivity index (χ0v) is 12.2. The lowest BCUT2D eigenvalue weighted by Crippen LogP contribution is -2.42. The van der Waals surface area contributed by atoms with E-state index in [4.69, 9.17) is 16.7 Å². The normalized spacial score (nSPS) is 16.4. The average molecular weight is 316 g/mol. The van der Waals surface area contributed by atoms with Crippen molar-refractivity contribution in [2.75, 3.05) is 6.61 Å². The Morgan fingerprint density at radius 2 is 1.81 bits per heavy atom. The summed E-state index contributed by atoms with van der Waals surface area (Å²) in [7, 11) is 0. The van der Waals surface area contributed by atoms with Crippen LogP contribution in [0.15, 0.2) is 29.3 Å². The maximum absolute atomic E-state index is 11.8. The summed E-state index contributed by atoms with van der Waals surface area (Å²) in [6, 6.07) is 6.59. The third kappa shape index (κ3) is 5.53. The minimum Gasteiger partial charge on any atom is -0.391 e. The minimum absolute atomic E-state index is 0.0296. The zero-order chi connectivity index (χ0) is 16.0. The second kappa shape index (κ2) is 8.21. The van der Waals surface area contributed by atoms with E-state index in [-0.39, 0.29) is 12.1 Å². The van der Waals surface area contributed by atoms with E-state index in [1.807, 2.05) is 0 Å². The minimum atomic E-state index is -1.61. The Kier molecular flexibility index (Phi) is 6.94. The zero-order valence-electron chi connectivity index (χ0n) is 11.5. The van der Waals surface area contributed by atoms with E-state index in [1.165, 1.54) is 6.92 Å². The highest BCUT2D eigenvalue weighted by molar-refractivity contribution is 6.30. The van der Waals surface area contributed by atoms with Gasteiger partial charge in [-0.25, -0.2) is 4.99 Å². The number of aliphatic hydroxyl groups is 4. The van der Waals surface area contributed by atoms with Crippen molar-refractivity contribution in [2.45, 2.75) is 31.7 Å². The first-order chi connectivity index (χ1) is 9.85. The number of aliphatic hydroxyl groups excluding tert-OH is 4. The predicted molar refractivity (Wildman–Crippen MR) is 78.4 cm³/mol. The third-order valence-corrected chi connectivity index (χ3v) is 3.11. The Bertz CT molecular complexity index is 501. The van der Waals surface area contributed by atoms with E-state index in [0.29, 0.717) is 10.6 Å². The standard InChI is InChI=1S/C14H18ClNO5/c1-8(18)13(20)14(21)11(7-17)16-12(19)6-9-2-4-10(15)5-3-9/h2-5,8,13-14,17-18,20-21H,6-7H2,1H3/b16-11-/t8-,13+,14+/m0/s1. The molecule has 0 radical (unpaired) electrons. The molecular formula is C14H18ClNO5. The number of halogens is 1. The van der Waals surface area contributed by atoms with E-state index in [1.54, 1.807) is 24.3 Å². The molecule has 0 spiro atoms. The van der Waals surface area contributed by atoms with E-state index < -0.39 is 30.8 Å². The maximum Gasteiger partial charge on any atom is 0.250 e. The van der Waals surface area contributed by atoms with E-state index >= 15 is 0 Å². The molecule has 0 heterocycles. The number of rotatable bonds is 6. The van der Waals surface area contributed by atoms with E-state index in [0.717, 1.165) is 0 Å². The quantitative estimate of drug-likeness (QED) is 0.550. The molecule has 7 heteroatoms. The SMILES string of the molecule is C[C@H](O)[C@@H](O)[C@H](O)/C(CO)=N\C(=O)Cc1ccc(Cl)cc1. The van der Waals surface area contributed by atoms with Crippen LogP contribution in [0.5, 0.6) is 0 Å². The fraction of sp³-hybridized carbons (Fsp3) is 0.429. The van der Waals surface area contributed by atoms with Gasteiger partial charge in [0.05, 0.1) is 24.8 Å². The molecule has 1 aromatic carbocycles. The molecular weight excluding hydrogens is 298 g/mol. The highest BCUT2D eigenvalue weighted by atomic mass is 35.5. The van der Waals surface area contributed by atoms with Gasteiger partial charge in [0.2, 0.25) is 5.91 Å². The van der Waals surface area contributed by atoms with Crippen molar-refractivity contribution >= 4 is 23.2 Å².